The van der Waals surface area contributed by atoms with Crippen LogP contribution in [0.3, 0.4) is 0 Å². The Labute approximate surface area is 146 Å². The van der Waals surface area contributed by atoms with Gasteiger partial charge in [-0.3, -0.25) is 9.79 Å². The van der Waals surface area contributed by atoms with Gasteiger partial charge in [-0.1, -0.05) is 6.92 Å². The maximum Gasteiger partial charge on any atom is 0.221 e. The van der Waals surface area contributed by atoms with Gasteiger partial charge in [-0.05, 0) is 25.7 Å². The smallest absolute Gasteiger partial charge is 0.221 e. The second-order valence-corrected chi connectivity index (χ2v) is 5.98. The third kappa shape index (κ3) is 8.49. The van der Waals surface area contributed by atoms with Gasteiger partial charge in [-0.15, -0.1) is 0 Å². The maximum absolute atomic E-state index is 11.6. The zero-order chi connectivity index (χ0) is 17.6. The van der Waals surface area contributed by atoms with Gasteiger partial charge in [-0.25, -0.2) is 0 Å². The van der Waals surface area contributed by atoms with Gasteiger partial charge in [0, 0.05) is 60.0 Å². The molecule has 0 unspecified atom stereocenters. The van der Waals surface area contributed by atoms with E-state index < -0.39 is 0 Å². The van der Waals surface area contributed by atoms with Crippen molar-refractivity contribution in [3.63, 3.8) is 0 Å². The fourth-order valence-corrected chi connectivity index (χ4v) is 2.66. The molecular formula is C17H34N4O3. The Morgan fingerprint density at radius 2 is 1.96 bits per heavy atom. The van der Waals surface area contributed by atoms with E-state index in [0.29, 0.717) is 19.1 Å². The van der Waals surface area contributed by atoms with Crippen LogP contribution in [-0.2, 0) is 14.3 Å². The number of methoxy groups -OCH3 is 1. The molecule has 1 amide bonds. The third-order valence-electron chi connectivity index (χ3n) is 4.01. The number of rotatable bonds is 10. The highest BCUT2D eigenvalue weighted by Crippen LogP contribution is 2.14. The average molecular weight is 342 g/mol. The molecule has 1 saturated heterocycles. The summed E-state index contributed by atoms with van der Waals surface area (Å²) in [6.45, 7) is 6.76. The Bertz CT molecular complexity index is 369. The summed E-state index contributed by atoms with van der Waals surface area (Å²) in [6.07, 6.45) is 4.72. The number of carbonyl (C=O) groups is 1. The average Bonchev–Trinajstić information content (AvgIpc) is 2.61. The van der Waals surface area contributed by atoms with Crippen LogP contribution in [0.25, 0.3) is 0 Å². The second-order valence-electron chi connectivity index (χ2n) is 5.98. The van der Waals surface area contributed by atoms with Gasteiger partial charge in [0.15, 0.2) is 5.96 Å². The SMILES string of the molecule is CCCNC(=O)CCNC(=NC)N1CCC(OCCCOC)CC1. The molecule has 0 aromatic rings. The van der Waals surface area contributed by atoms with E-state index in [4.69, 9.17) is 9.47 Å². The molecule has 7 nitrogen and oxygen atoms in total. The summed E-state index contributed by atoms with van der Waals surface area (Å²) in [5, 5.41) is 6.16. The van der Waals surface area contributed by atoms with Crippen molar-refractivity contribution in [1.82, 2.24) is 15.5 Å². The number of likely N-dealkylation sites (tertiary alicyclic amines) is 1. The first kappa shape index (κ1) is 20.7. The highest BCUT2D eigenvalue weighted by molar-refractivity contribution is 5.81. The number of nitrogens with one attached hydrogen (secondary N) is 2. The summed E-state index contributed by atoms with van der Waals surface area (Å²) in [7, 11) is 3.50. The normalized spacial score (nSPS) is 16.3. The molecule has 140 valence electrons. The number of nitrogens with zero attached hydrogens (tertiary/aromatic N) is 2. The van der Waals surface area contributed by atoms with Gasteiger partial charge in [0.05, 0.1) is 6.10 Å². The number of hydrogen-bond donors (Lipinski definition) is 2. The Kier molecular flexibility index (Phi) is 11.2. The van der Waals surface area contributed by atoms with E-state index in [-0.39, 0.29) is 5.91 Å². The van der Waals surface area contributed by atoms with Crippen LogP contribution in [0.4, 0.5) is 0 Å². The highest BCUT2D eigenvalue weighted by atomic mass is 16.5. The second kappa shape index (κ2) is 13.0. The highest BCUT2D eigenvalue weighted by Gasteiger charge is 2.21. The minimum atomic E-state index is 0.0861. The van der Waals surface area contributed by atoms with Crippen molar-refractivity contribution in [3.05, 3.63) is 0 Å². The number of piperidine rings is 1. The monoisotopic (exact) mass is 342 g/mol. The molecule has 2 N–H and O–H groups in total. The summed E-state index contributed by atoms with van der Waals surface area (Å²) >= 11 is 0. The first-order valence-electron chi connectivity index (χ1n) is 9.04. The summed E-state index contributed by atoms with van der Waals surface area (Å²) in [4.78, 5) is 18.2. The zero-order valence-corrected chi connectivity index (χ0v) is 15.5. The lowest BCUT2D eigenvalue weighted by Crippen LogP contribution is -2.47. The van der Waals surface area contributed by atoms with Gasteiger partial charge in [0.1, 0.15) is 0 Å². The van der Waals surface area contributed by atoms with Gasteiger partial charge < -0.3 is 25.0 Å². The van der Waals surface area contributed by atoms with Gasteiger partial charge in [0.25, 0.3) is 0 Å². The van der Waals surface area contributed by atoms with Crippen molar-refractivity contribution in [2.75, 3.05) is 53.6 Å². The minimum Gasteiger partial charge on any atom is -0.385 e. The topological polar surface area (TPSA) is 75.2 Å². The molecule has 0 saturated carbocycles. The molecule has 1 fully saturated rings. The van der Waals surface area contributed by atoms with Crippen molar-refractivity contribution in [2.45, 2.75) is 45.1 Å². The van der Waals surface area contributed by atoms with Crippen LogP contribution < -0.4 is 10.6 Å². The van der Waals surface area contributed by atoms with E-state index >= 15 is 0 Å². The number of aliphatic imine (C=N–C) groups is 1. The number of guanidine groups is 1. The van der Waals surface area contributed by atoms with Gasteiger partial charge in [0.2, 0.25) is 5.91 Å². The predicted octanol–water partition coefficient (Wildman–Crippen LogP) is 0.996. The Morgan fingerprint density at radius 3 is 2.58 bits per heavy atom. The van der Waals surface area contributed by atoms with E-state index in [2.05, 4.69) is 20.5 Å². The van der Waals surface area contributed by atoms with Crippen molar-refractivity contribution in [3.8, 4) is 0 Å². The molecule has 0 radical (unpaired) electrons. The molecular weight excluding hydrogens is 308 g/mol. The molecule has 1 heterocycles. The Hall–Kier alpha value is -1.34. The van der Waals surface area contributed by atoms with Crippen LogP contribution >= 0.6 is 0 Å². The van der Waals surface area contributed by atoms with E-state index in [9.17, 15) is 4.79 Å². The summed E-state index contributed by atoms with van der Waals surface area (Å²) in [5.74, 6) is 0.957. The van der Waals surface area contributed by atoms with Crippen LogP contribution in [0, 0.1) is 0 Å². The molecule has 0 atom stereocenters. The number of hydrogen-bond acceptors (Lipinski definition) is 4. The fourth-order valence-electron chi connectivity index (χ4n) is 2.66. The standard InChI is InChI=1S/C17H34N4O3/c1-4-9-19-16(22)6-10-20-17(18-2)21-11-7-15(8-12-21)24-14-5-13-23-3/h15H,4-14H2,1-3H3,(H,18,20)(H,19,22). The predicted molar refractivity (Wildman–Crippen MR) is 96.3 cm³/mol. The fraction of sp³-hybridized carbons (Fsp3) is 0.882. The Balaban J connectivity index is 2.20. The van der Waals surface area contributed by atoms with Crippen LogP contribution in [0.1, 0.15) is 39.0 Å². The van der Waals surface area contributed by atoms with Gasteiger partial charge in [-0.2, -0.15) is 0 Å². The molecule has 1 aliphatic rings. The number of ether oxygens (including phenoxy) is 2. The lowest BCUT2D eigenvalue weighted by Gasteiger charge is -2.34. The molecule has 0 bridgehead atoms. The largest absolute Gasteiger partial charge is 0.385 e. The summed E-state index contributed by atoms with van der Waals surface area (Å²) in [6, 6.07) is 0. The maximum atomic E-state index is 11.6. The lowest BCUT2D eigenvalue weighted by molar-refractivity contribution is -0.120. The first-order valence-corrected chi connectivity index (χ1v) is 9.04. The van der Waals surface area contributed by atoms with Gasteiger partial charge >= 0.3 is 0 Å². The van der Waals surface area contributed by atoms with E-state index in [1.165, 1.54) is 0 Å². The summed E-state index contributed by atoms with van der Waals surface area (Å²) < 4.78 is 10.9. The molecule has 0 aromatic carbocycles. The van der Waals surface area contributed by atoms with Crippen LogP contribution in [0.15, 0.2) is 4.99 Å². The molecule has 7 heteroatoms. The molecule has 0 aliphatic carbocycles. The molecule has 1 rings (SSSR count). The van der Waals surface area contributed by atoms with Crippen LogP contribution in [-0.4, -0.2) is 76.4 Å². The number of carbonyl (C=O) groups excluding carboxylic acids is 1. The minimum absolute atomic E-state index is 0.0861. The van der Waals surface area contributed by atoms with Crippen LogP contribution in [0.2, 0.25) is 0 Å². The van der Waals surface area contributed by atoms with Crippen molar-refractivity contribution in [1.29, 1.82) is 0 Å². The van der Waals surface area contributed by atoms with Crippen molar-refractivity contribution >= 4 is 11.9 Å². The van der Waals surface area contributed by atoms with E-state index in [1.807, 2.05) is 6.92 Å². The quantitative estimate of drug-likeness (QED) is 0.352. The summed E-state index contributed by atoms with van der Waals surface area (Å²) in [5.41, 5.74) is 0. The zero-order valence-electron chi connectivity index (χ0n) is 15.5. The number of amides is 1. The lowest BCUT2D eigenvalue weighted by atomic mass is 10.1. The molecule has 1 aliphatic heterocycles. The van der Waals surface area contributed by atoms with E-state index in [1.54, 1.807) is 14.2 Å². The van der Waals surface area contributed by atoms with Crippen molar-refractivity contribution in [2.24, 2.45) is 4.99 Å². The molecule has 24 heavy (non-hydrogen) atoms. The van der Waals surface area contributed by atoms with Crippen molar-refractivity contribution < 1.29 is 14.3 Å². The first-order chi connectivity index (χ1) is 11.7. The van der Waals surface area contributed by atoms with E-state index in [0.717, 1.165) is 64.5 Å². The third-order valence-corrected chi connectivity index (χ3v) is 4.01. The molecule has 0 spiro atoms. The van der Waals surface area contributed by atoms with Crippen LogP contribution in [0.5, 0.6) is 0 Å². The molecule has 0 aromatic heterocycles. The Morgan fingerprint density at radius 1 is 1.21 bits per heavy atom.